The number of nitro benzene ring substituents is 1. The molecule has 0 spiro atoms. The number of amides is 1. The number of carbonyl (C=O) groups excluding carboxylic acids is 1. The van der Waals surface area contributed by atoms with Crippen LogP contribution in [0.15, 0.2) is 48.5 Å². The van der Waals surface area contributed by atoms with Gasteiger partial charge in [0.25, 0.3) is 5.69 Å². The molecule has 0 fully saturated rings. The summed E-state index contributed by atoms with van der Waals surface area (Å²) >= 11 is 0. The van der Waals surface area contributed by atoms with Gasteiger partial charge >= 0.3 is 0 Å². The Morgan fingerprint density at radius 3 is 2.38 bits per heavy atom. The van der Waals surface area contributed by atoms with Gasteiger partial charge in [-0.3, -0.25) is 14.9 Å². The number of hydrogen-bond donors (Lipinski definition) is 2. The molecule has 0 atom stereocenters. The van der Waals surface area contributed by atoms with Gasteiger partial charge in [-0.15, -0.1) is 0 Å². The van der Waals surface area contributed by atoms with Crippen LogP contribution in [0.4, 0.5) is 11.4 Å². The van der Waals surface area contributed by atoms with Crippen LogP contribution in [0.1, 0.15) is 17.5 Å². The summed E-state index contributed by atoms with van der Waals surface area (Å²) in [6, 6.07) is 14.5. The molecule has 0 aliphatic heterocycles. The number of carbonyl (C=O) groups is 1. The van der Waals surface area contributed by atoms with E-state index in [1.165, 1.54) is 11.6 Å². The highest BCUT2D eigenvalue weighted by atomic mass is 16.6. The predicted octanol–water partition coefficient (Wildman–Crippen LogP) is 2.77. The topological polar surface area (TPSA) is 87.5 Å². The number of para-hydroxylation sites is 2. The average Bonchev–Trinajstić information content (AvgIpc) is 2.61. The first kappa shape index (κ1) is 19.4. The van der Waals surface area contributed by atoms with Crippen LogP contribution < -0.4 is 10.6 Å². The SMILES string of the molecule is CN(C)Cc1ccc(CNC(=O)CCNc2ccccc2[N+](=O)[O-])cc1. The number of anilines is 1. The molecule has 2 aromatic carbocycles. The molecule has 26 heavy (non-hydrogen) atoms. The molecule has 0 radical (unpaired) electrons. The van der Waals surface area contributed by atoms with Crippen molar-refractivity contribution < 1.29 is 9.72 Å². The lowest BCUT2D eigenvalue weighted by Crippen LogP contribution is -2.25. The summed E-state index contributed by atoms with van der Waals surface area (Å²) in [5.41, 5.74) is 2.68. The van der Waals surface area contributed by atoms with E-state index in [-0.39, 0.29) is 18.0 Å². The van der Waals surface area contributed by atoms with Gasteiger partial charge in [0.15, 0.2) is 0 Å². The van der Waals surface area contributed by atoms with E-state index in [0.29, 0.717) is 18.8 Å². The molecular weight excluding hydrogens is 332 g/mol. The van der Waals surface area contributed by atoms with Crippen molar-refractivity contribution in [3.8, 4) is 0 Å². The van der Waals surface area contributed by atoms with Crippen molar-refractivity contribution >= 4 is 17.3 Å². The molecule has 0 aliphatic rings. The molecule has 0 heterocycles. The van der Waals surface area contributed by atoms with Gasteiger partial charge in [-0.2, -0.15) is 0 Å². The number of hydrogen-bond acceptors (Lipinski definition) is 5. The van der Waals surface area contributed by atoms with Crippen molar-refractivity contribution in [2.75, 3.05) is 26.0 Å². The molecule has 2 aromatic rings. The molecule has 2 N–H and O–H groups in total. The highest BCUT2D eigenvalue weighted by molar-refractivity contribution is 5.76. The maximum atomic E-state index is 11.9. The zero-order valence-corrected chi connectivity index (χ0v) is 15.1. The summed E-state index contributed by atoms with van der Waals surface area (Å²) in [6.45, 7) is 1.68. The maximum Gasteiger partial charge on any atom is 0.292 e. The van der Waals surface area contributed by atoms with Gasteiger partial charge in [0.2, 0.25) is 5.91 Å². The van der Waals surface area contributed by atoms with Crippen molar-refractivity contribution in [2.45, 2.75) is 19.5 Å². The zero-order chi connectivity index (χ0) is 18.9. The van der Waals surface area contributed by atoms with E-state index in [4.69, 9.17) is 0 Å². The fourth-order valence-corrected chi connectivity index (χ4v) is 2.51. The Morgan fingerprint density at radius 1 is 1.08 bits per heavy atom. The first-order valence-corrected chi connectivity index (χ1v) is 8.42. The van der Waals surface area contributed by atoms with E-state index in [0.717, 1.165) is 12.1 Å². The third-order valence-electron chi connectivity index (χ3n) is 3.78. The zero-order valence-electron chi connectivity index (χ0n) is 15.1. The Balaban J connectivity index is 1.75. The van der Waals surface area contributed by atoms with Gasteiger partial charge in [-0.25, -0.2) is 0 Å². The van der Waals surface area contributed by atoms with Crippen molar-refractivity contribution in [3.05, 3.63) is 69.8 Å². The van der Waals surface area contributed by atoms with E-state index in [1.54, 1.807) is 18.2 Å². The Kier molecular flexibility index (Phi) is 7.11. The predicted molar refractivity (Wildman–Crippen MR) is 102 cm³/mol. The van der Waals surface area contributed by atoms with Gasteiger partial charge in [-0.05, 0) is 31.3 Å². The van der Waals surface area contributed by atoms with Crippen LogP contribution in [0.3, 0.4) is 0 Å². The molecule has 7 heteroatoms. The van der Waals surface area contributed by atoms with Crippen molar-refractivity contribution in [1.29, 1.82) is 0 Å². The van der Waals surface area contributed by atoms with Gasteiger partial charge in [0.05, 0.1) is 4.92 Å². The lowest BCUT2D eigenvalue weighted by Gasteiger charge is -2.11. The molecular formula is C19H24N4O3. The monoisotopic (exact) mass is 356 g/mol. The van der Waals surface area contributed by atoms with Crippen molar-refractivity contribution in [1.82, 2.24) is 10.2 Å². The van der Waals surface area contributed by atoms with Crippen molar-refractivity contribution in [2.24, 2.45) is 0 Å². The molecule has 138 valence electrons. The fourth-order valence-electron chi connectivity index (χ4n) is 2.51. The number of nitrogens with zero attached hydrogens (tertiary/aromatic N) is 2. The van der Waals surface area contributed by atoms with Crippen LogP contribution in [0.2, 0.25) is 0 Å². The lowest BCUT2D eigenvalue weighted by molar-refractivity contribution is -0.384. The molecule has 2 rings (SSSR count). The summed E-state index contributed by atoms with van der Waals surface area (Å²) in [5.74, 6) is -0.103. The van der Waals surface area contributed by atoms with Crippen molar-refractivity contribution in [3.63, 3.8) is 0 Å². The smallest absolute Gasteiger partial charge is 0.292 e. The Labute approximate surface area is 153 Å². The molecule has 0 aromatic heterocycles. The van der Waals surface area contributed by atoms with E-state index < -0.39 is 4.92 Å². The first-order valence-electron chi connectivity index (χ1n) is 8.42. The Bertz CT molecular complexity index is 745. The minimum absolute atomic E-state index is 0.00530. The summed E-state index contributed by atoms with van der Waals surface area (Å²) in [5, 5.41) is 16.7. The third kappa shape index (κ3) is 6.18. The second-order valence-corrected chi connectivity index (χ2v) is 6.28. The van der Waals surface area contributed by atoms with Gasteiger partial charge in [-0.1, -0.05) is 36.4 Å². The van der Waals surface area contributed by atoms with E-state index in [9.17, 15) is 14.9 Å². The minimum atomic E-state index is -0.442. The molecule has 0 aliphatic carbocycles. The van der Waals surface area contributed by atoms with Crippen LogP contribution >= 0.6 is 0 Å². The highest BCUT2D eigenvalue weighted by Crippen LogP contribution is 2.22. The summed E-state index contributed by atoms with van der Waals surface area (Å²) in [7, 11) is 4.04. The van der Waals surface area contributed by atoms with Gasteiger partial charge in [0, 0.05) is 32.1 Å². The maximum absolute atomic E-state index is 11.9. The quantitative estimate of drug-likeness (QED) is 0.533. The van der Waals surface area contributed by atoms with Crippen LogP contribution in [0.5, 0.6) is 0 Å². The third-order valence-corrected chi connectivity index (χ3v) is 3.78. The van der Waals surface area contributed by atoms with E-state index in [1.807, 2.05) is 26.2 Å². The summed E-state index contributed by atoms with van der Waals surface area (Å²) < 4.78 is 0. The molecule has 0 unspecified atom stereocenters. The average molecular weight is 356 g/mol. The molecule has 7 nitrogen and oxygen atoms in total. The first-order chi connectivity index (χ1) is 12.5. The lowest BCUT2D eigenvalue weighted by atomic mass is 10.1. The van der Waals surface area contributed by atoms with Crippen LogP contribution in [0, 0.1) is 10.1 Å². The number of benzene rings is 2. The standard InChI is InChI=1S/C19H24N4O3/c1-22(2)14-16-9-7-15(8-10-16)13-21-19(24)11-12-20-17-5-3-4-6-18(17)23(25)26/h3-10,20H,11-14H2,1-2H3,(H,21,24). The molecule has 1 amide bonds. The minimum Gasteiger partial charge on any atom is -0.379 e. The van der Waals surface area contributed by atoms with Gasteiger partial charge in [0.1, 0.15) is 5.69 Å². The Hall–Kier alpha value is -2.93. The number of rotatable bonds is 9. The Morgan fingerprint density at radius 2 is 1.73 bits per heavy atom. The van der Waals surface area contributed by atoms with Crippen LogP contribution in [-0.4, -0.2) is 36.4 Å². The normalized spacial score (nSPS) is 10.6. The molecule has 0 saturated heterocycles. The van der Waals surface area contributed by atoms with E-state index in [2.05, 4.69) is 27.7 Å². The van der Waals surface area contributed by atoms with Crippen LogP contribution in [-0.2, 0) is 17.9 Å². The van der Waals surface area contributed by atoms with E-state index >= 15 is 0 Å². The summed E-state index contributed by atoms with van der Waals surface area (Å²) in [6.07, 6.45) is 0.241. The second-order valence-electron chi connectivity index (χ2n) is 6.28. The summed E-state index contributed by atoms with van der Waals surface area (Å²) in [4.78, 5) is 24.5. The van der Waals surface area contributed by atoms with Crippen LogP contribution in [0.25, 0.3) is 0 Å². The second kappa shape index (κ2) is 9.53. The highest BCUT2D eigenvalue weighted by Gasteiger charge is 2.12. The molecule has 0 saturated carbocycles. The fraction of sp³-hybridized carbons (Fsp3) is 0.316. The largest absolute Gasteiger partial charge is 0.379 e. The van der Waals surface area contributed by atoms with Gasteiger partial charge < -0.3 is 15.5 Å². The molecule has 0 bridgehead atoms. The number of nitrogens with one attached hydrogen (secondary N) is 2. The number of nitro groups is 1.